The topological polar surface area (TPSA) is 95.7 Å². The Morgan fingerprint density at radius 1 is 1.23 bits per heavy atom. The van der Waals surface area contributed by atoms with Crippen LogP contribution >= 0.6 is 0 Å². The molecule has 0 saturated carbocycles. The molecular formula is C21H27N5. The zero-order chi connectivity index (χ0) is 18.1. The van der Waals surface area contributed by atoms with Gasteiger partial charge in [-0.1, -0.05) is 13.0 Å². The molecule has 1 fully saturated rings. The second-order valence-electron chi connectivity index (χ2n) is 7.05. The van der Waals surface area contributed by atoms with Gasteiger partial charge in [0, 0.05) is 34.4 Å². The normalized spacial score (nSPS) is 16.4. The lowest BCUT2D eigenvalue weighted by molar-refractivity contribution is 0.460. The number of rotatable bonds is 4. The van der Waals surface area contributed by atoms with Crippen molar-refractivity contribution < 1.29 is 0 Å². The van der Waals surface area contributed by atoms with Gasteiger partial charge in [-0.3, -0.25) is 0 Å². The maximum absolute atomic E-state index is 6.09. The number of nitrogens with one attached hydrogen (secondary N) is 3. The van der Waals surface area contributed by atoms with Crippen molar-refractivity contribution in [3.05, 3.63) is 59.0 Å². The quantitative estimate of drug-likeness (QED) is 0.499. The van der Waals surface area contributed by atoms with Crippen LogP contribution in [-0.2, 0) is 6.42 Å². The first-order valence-electron chi connectivity index (χ1n) is 9.43. The predicted octanol–water partition coefficient (Wildman–Crippen LogP) is 3.46. The molecule has 1 aliphatic heterocycles. The molecule has 0 unspecified atom stereocenters. The first-order valence-corrected chi connectivity index (χ1v) is 9.43. The molecule has 0 spiro atoms. The Kier molecular flexibility index (Phi) is 4.47. The molecule has 2 aromatic heterocycles. The summed E-state index contributed by atoms with van der Waals surface area (Å²) in [4.78, 5) is 6.62. The molecule has 3 aromatic rings. The molecule has 0 radical (unpaired) electrons. The van der Waals surface area contributed by atoms with Crippen LogP contribution in [-0.4, -0.2) is 23.1 Å². The fourth-order valence-electron chi connectivity index (χ4n) is 4.20. The van der Waals surface area contributed by atoms with Crippen molar-refractivity contribution in [3.63, 3.8) is 0 Å². The fraction of sp³-hybridized carbons (Fsp3) is 0.333. The van der Waals surface area contributed by atoms with E-state index in [1.165, 1.54) is 29.4 Å². The molecule has 0 aliphatic carbocycles. The first-order chi connectivity index (χ1) is 12.7. The van der Waals surface area contributed by atoms with Crippen LogP contribution in [0.1, 0.15) is 48.1 Å². The number of aryl methyl sites for hydroxylation is 1. The van der Waals surface area contributed by atoms with Crippen LogP contribution in [0.5, 0.6) is 0 Å². The maximum Gasteiger partial charge on any atom is 0.108 e. The minimum atomic E-state index is 0.637. The second kappa shape index (κ2) is 6.92. The number of hydrogen-bond acceptors (Lipinski definition) is 3. The highest BCUT2D eigenvalue weighted by Gasteiger charge is 2.20. The number of anilines is 1. The van der Waals surface area contributed by atoms with E-state index in [4.69, 9.17) is 11.5 Å². The number of hydrogen-bond donors (Lipinski definition) is 5. The Morgan fingerprint density at radius 2 is 2.04 bits per heavy atom. The highest BCUT2D eigenvalue weighted by atomic mass is 14.9. The predicted molar refractivity (Wildman–Crippen MR) is 109 cm³/mol. The smallest absolute Gasteiger partial charge is 0.108 e. The monoisotopic (exact) mass is 349 g/mol. The first kappa shape index (κ1) is 16.8. The number of piperidine rings is 1. The Labute approximate surface area is 153 Å². The summed E-state index contributed by atoms with van der Waals surface area (Å²) in [5, 5.41) is 4.75. The molecule has 0 atom stereocenters. The molecule has 3 heterocycles. The zero-order valence-electron chi connectivity index (χ0n) is 15.2. The number of aromatic nitrogens is 2. The van der Waals surface area contributed by atoms with Gasteiger partial charge < -0.3 is 26.8 Å². The molecule has 1 saturated heterocycles. The lowest BCUT2D eigenvalue weighted by Gasteiger charge is -2.23. The average molecular weight is 349 g/mol. The summed E-state index contributed by atoms with van der Waals surface area (Å²) in [7, 11) is 0. The van der Waals surface area contributed by atoms with Crippen LogP contribution in [0.25, 0.3) is 16.5 Å². The van der Waals surface area contributed by atoms with E-state index in [0.29, 0.717) is 11.7 Å². The van der Waals surface area contributed by atoms with Crippen molar-refractivity contribution in [2.24, 2.45) is 5.73 Å². The van der Waals surface area contributed by atoms with Gasteiger partial charge in [-0.05, 0) is 67.6 Å². The molecule has 4 rings (SSSR count). The Bertz CT molecular complexity index is 941. The van der Waals surface area contributed by atoms with Crippen molar-refractivity contribution in [1.29, 1.82) is 0 Å². The van der Waals surface area contributed by atoms with Gasteiger partial charge >= 0.3 is 0 Å². The summed E-state index contributed by atoms with van der Waals surface area (Å²) in [6.45, 7) is 4.40. The van der Waals surface area contributed by atoms with E-state index in [1.807, 2.05) is 12.3 Å². The Hall–Kier alpha value is -2.66. The summed E-state index contributed by atoms with van der Waals surface area (Å²) in [6, 6.07) is 8.83. The van der Waals surface area contributed by atoms with Gasteiger partial charge in [0.1, 0.15) is 5.82 Å². The molecule has 1 aliphatic rings. The molecule has 5 heteroatoms. The Balaban J connectivity index is 1.82. The second-order valence-corrected chi connectivity index (χ2v) is 7.05. The molecule has 7 N–H and O–H groups in total. The lowest BCUT2D eigenvalue weighted by Crippen LogP contribution is -2.26. The van der Waals surface area contributed by atoms with Gasteiger partial charge in [0.05, 0.1) is 5.69 Å². The Morgan fingerprint density at radius 3 is 2.69 bits per heavy atom. The summed E-state index contributed by atoms with van der Waals surface area (Å²) in [5.41, 5.74) is 18.9. The molecule has 1 aromatic carbocycles. The third-order valence-electron chi connectivity index (χ3n) is 5.60. The number of H-pyrrole nitrogens is 2. The molecule has 0 amide bonds. The van der Waals surface area contributed by atoms with Crippen LogP contribution in [0.2, 0.25) is 0 Å². The van der Waals surface area contributed by atoms with Gasteiger partial charge in [-0.2, -0.15) is 0 Å². The van der Waals surface area contributed by atoms with E-state index in [2.05, 4.69) is 40.4 Å². The van der Waals surface area contributed by atoms with Gasteiger partial charge in [0.2, 0.25) is 0 Å². The maximum atomic E-state index is 6.09. The molecule has 5 nitrogen and oxygen atoms in total. The van der Waals surface area contributed by atoms with Crippen LogP contribution in [0.15, 0.2) is 36.7 Å². The van der Waals surface area contributed by atoms with Crippen molar-refractivity contribution >= 4 is 22.3 Å². The van der Waals surface area contributed by atoms with E-state index in [0.717, 1.165) is 41.9 Å². The molecular weight excluding hydrogens is 322 g/mol. The van der Waals surface area contributed by atoms with Crippen LogP contribution in [0.4, 0.5) is 5.82 Å². The highest BCUT2D eigenvalue weighted by Crippen LogP contribution is 2.35. The van der Waals surface area contributed by atoms with Gasteiger partial charge in [-0.25, -0.2) is 0 Å². The molecule has 136 valence electrons. The number of benzene rings is 1. The van der Waals surface area contributed by atoms with Crippen molar-refractivity contribution in [3.8, 4) is 0 Å². The van der Waals surface area contributed by atoms with Crippen molar-refractivity contribution in [2.45, 2.75) is 32.1 Å². The van der Waals surface area contributed by atoms with Gasteiger partial charge in [0.15, 0.2) is 0 Å². The lowest BCUT2D eigenvalue weighted by atomic mass is 9.89. The highest BCUT2D eigenvalue weighted by molar-refractivity contribution is 5.94. The van der Waals surface area contributed by atoms with E-state index in [9.17, 15) is 0 Å². The SMILES string of the molecule is CCc1c(/C(=C/N)c2cc[nH]c2N)[nH]c2ccc(C3CCNCC3)cc12. The summed E-state index contributed by atoms with van der Waals surface area (Å²) < 4.78 is 0. The van der Waals surface area contributed by atoms with Crippen molar-refractivity contribution in [2.75, 3.05) is 18.8 Å². The zero-order valence-corrected chi connectivity index (χ0v) is 15.2. The number of nitrogens with two attached hydrogens (primary N) is 2. The fourth-order valence-corrected chi connectivity index (χ4v) is 4.20. The van der Waals surface area contributed by atoms with Crippen LogP contribution in [0, 0.1) is 0 Å². The van der Waals surface area contributed by atoms with Gasteiger partial charge in [-0.15, -0.1) is 0 Å². The summed E-state index contributed by atoms with van der Waals surface area (Å²) in [5.74, 6) is 1.28. The minimum absolute atomic E-state index is 0.637. The van der Waals surface area contributed by atoms with Gasteiger partial charge in [0.25, 0.3) is 0 Å². The third kappa shape index (κ3) is 2.78. The van der Waals surface area contributed by atoms with E-state index in [-0.39, 0.29) is 0 Å². The molecule has 0 bridgehead atoms. The number of aromatic amines is 2. The summed E-state index contributed by atoms with van der Waals surface area (Å²) in [6.07, 6.45) is 6.84. The molecule has 26 heavy (non-hydrogen) atoms. The number of fused-ring (bicyclic) bond motifs is 1. The van der Waals surface area contributed by atoms with E-state index < -0.39 is 0 Å². The standard InChI is InChI=1S/C21H27N5/c1-2-15-17-11-14(13-5-8-24-9-6-13)3-4-19(17)26-20(15)18(12-22)16-7-10-25-21(16)23/h3-4,7,10-13,24-26H,2,5-6,8-9,22-23H2,1H3/b18-12+. The largest absolute Gasteiger partial charge is 0.404 e. The van der Waals surface area contributed by atoms with Crippen LogP contribution in [0.3, 0.4) is 0 Å². The minimum Gasteiger partial charge on any atom is -0.404 e. The van der Waals surface area contributed by atoms with Crippen molar-refractivity contribution in [1.82, 2.24) is 15.3 Å². The number of nitrogen functional groups attached to an aromatic ring is 1. The summed E-state index contributed by atoms with van der Waals surface area (Å²) >= 11 is 0. The third-order valence-corrected chi connectivity index (χ3v) is 5.60. The van der Waals surface area contributed by atoms with E-state index >= 15 is 0 Å². The average Bonchev–Trinajstić information content (AvgIpc) is 3.26. The van der Waals surface area contributed by atoms with E-state index in [1.54, 1.807) is 6.20 Å². The van der Waals surface area contributed by atoms with Crippen LogP contribution < -0.4 is 16.8 Å².